The van der Waals surface area contributed by atoms with E-state index < -0.39 is 6.10 Å². The van der Waals surface area contributed by atoms with Crippen LogP contribution in [0.1, 0.15) is 51.1 Å². The zero-order valence-electron chi connectivity index (χ0n) is 14.5. The van der Waals surface area contributed by atoms with Gasteiger partial charge < -0.3 is 10.2 Å². The van der Waals surface area contributed by atoms with Gasteiger partial charge in [-0.1, -0.05) is 23.3 Å². The van der Waals surface area contributed by atoms with Crippen molar-refractivity contribution in [3.8, 4) is 0 Å². The largest absolute Gasteiger partial charge is 0.393 e. The molecule has 0 radical (unpaired) electrons. The average Bonchev–Trinajstić information content (AvgIpc) is 2.95. The molecule has 2 N–H and O–H groups in total. The molecule has 1 aliphatic rings. The summed E-state index contributed by atoms with van der Waals surface area (Å²) in [5.74, 6) is 0. The SMILES string of the molecule is CC(C)=CCC/C(C)=C/CN1CCn2nc([C@@H](O)CO)cc2C1. The Labute approximate surface area is 138 Å². The van der Waals surface area contributed by atoms with Crippen LogP contribution in [-0.2, 0) is 13.1 Å². The van der Waals surface area contributed by atoms with E-state index >= 15 is 0 Å². The lowest BCUT2D eigenvalue weighted by molar-refractivity contribution is 0.0915. The maximum absolute atomic E-state index is 9.69. The Bertz CT molecular complexity index is 571. The van der Waals surface area contributed by atoms with Crippen LogP contribution in [0.15, 0.2) is 29.4 Å². The van der Waals surface area contributed by atoms with E-state index in [4.69, 9.17) is 5.11 Å². The molecule has 0 saturated carbocycles. The lowest BCUT2D eigenvalue weighted by Gasteiger charge is -2.26. The van der Waals surface area contributed by atoms with E-state index in [1.807, 2.05) is 10.7 Å². The lowest BCUT2D eigenvalue weighted by Crippen LogP contribution is -2.34. The normalized spacial score (nSPS) is 17.0. The van der Waals surface area contributed by atoms with Crippen LogP contribution in [0.25, 0.3) is 0 Å². The summed E-state index contributed by atoms with van der Waals surface area (Å²) in [6, 6.07) is 1.90. The molecule has 23 heavy (non-hydrogen) atoms. The summed E-state index contributed by atoms with van der Waals surface area (Å²) in [5, 5.41) is 23.1. The van der Waals surface area contributed by atoms with E-state index in [1.165, 1.54) is 11.1 Å². The first kappa shape index (κ1) is 17.9. The standard InChI is InChI=1S/C18H29N3O2/c1-14(2)5-4-6-15(3)7-8-20-9-10-21-16(12-20)11-17(19-21)18(23)13-22/h5,7,11,18,22-23H,4,6,8-10,12-13H2,1-3H3/b15-7+/t18-/m0/s1. The summed E-state index contributed by atoms with van der Waals surface area (Å²) in [6.07, 6.45) is 5.95. The first-order valence-corrected chi connectivity index (χ1v) is 8.36. The molecule has 128 valence electrons. The maximum atomic E-state index is 9.69. The third-order valence-electron chi connectivity index (χ3n) is 4.20. The highest BCUT2D eigenvalue weighted by atomic mass is 16.3. The molecule has 1 aliphatic heterocycles. The monoisotopic (exact) mass is 319 g/mol. The van der Waals surface area contributed by atoms with Gasteiger partial charge >= 0.3 is 0 Å². The van der Waals surface area contributed by atoms with E-state index in [9.17, 15) is 5.11 Å². The van der Waals surface area contributed by atoms with E-state index in [2.05, 4.69) is 42.9 Å². The molecule has 0 aromatic carbocycles. The van der Waals surface area contributed by atoms with E-state index in [0.717, 1.165) is 44.7 Å². The van der Waals surface area contributed by atoms with Crippen molar-refractivity contribution in [1.29, 1.82) is 0 Å². The minimum Gasteiger partial charge on any atom is -0.393 e. The van der Waals surface area contributed by atoms with Crippen LogP contribution in [0.2, 0.25) is 0 Å². The Morgan fingerprint density at radius 1 is 1.30 bits per heavy atom. The number of fused-ring (bicyclic) bond motifs is 1. The van der Waals surface area contributed by atoms with Gasteiger partial charge in [0.15, 0.2) is 0 Å². The molecule has 5 nitrogen and oxygen atoms in total. The second-order valence-electron chi connectivity index (χ2n) is 6.59. The fourth-order valence-electron chi connectivity index (χ4n) is 2.73. The highest BCUT2D eigenvalue weighted by Gasteiger charge is 2.20. The minimum absolute atomic E-state index is 0.284. The molecule has 2 rings (SSSR count). The molecular formula is C18H29N3O2. The van der Waals surface area contributed by atoms with Gasteiger partial charge in [-0.25, -0.2) is 0 Å². The van der Waals surface area contributed by atoms with E-state index in [-0.39, 0.29) is 6.61 Å². The number of nitrogens with zero attached hydrogens (tertiary/aromatic N) is 3. The minimum atomic E-state index is -0.876. The Morgan fingerprint density at radius 3 is 2.78 bits per heavy atom. The summed E-state index contributed by atoms with van der Waals surface area (Å²) < 4.78 is 1.94. The third-order valence-corrected chi connectivity index (χ3v) is 4.20. The summed E-state index contributed by atoms with van der Waals surface area (Å²) in [6.45, 7) is 9.76. The highest BCUT2D eigenvalue weighted by Crippen LogP contribution is 2.18. The van der Waals surface area contributed by atoms with E-state index in [0.29, 0.717) is 5.69 Å². The molecule has 0 bridgehead atoms. The van der Waals surface area contributed by atoms with Gasteiger partial charge in [-0.05, 0) is 39.7 Å². The van der Waals surface area contributed by atoms with Crippen molar-refractivity contribution in [2.24, 2.45) is 0 Å². The topological polar surface area (TPSA) is 61.5 Å². The number of allylic oxidation sites excluding steroid dienone is 3. The average molecular weight is 319 g/mol. The van der Waals surface area contributed by atoms with Crippen LogP contribution in [0, 0.1) is 0 Å². The van der Waals surface area contributed by atoms with Gasteiger partial charge in [-0.15, -0.1) is 0 Å². The van der Waals surface area contributed by atoms with Crippen LogP contribution >= 0.6 is 0 Å². The smallest absolute Gasteiger partial charge is 0.121 e. The molecule has 1 aromatic heterocycles. The predicted octanol–water partition coefficient (Wildman–Crippen LogP) is 2.42. The van der Waals surface area contributed by atoms with Crippen molar-refractivity contribution in [2.75, 3.05) is 19.7 Å². The lowest BCUT2D eigenvalue weighted by atomic mass is 10.1. The van der Waals surface area contributed by atoms with Gasteiger partial charge in [0, 0.05) is 19.6 Å². The fourth-order valence-corrected chi connectivity index (χ4v) is 2.73. The molecule has 0 fully saturated rings. The molecule has 0 amide bonds. The van der Waals surface area contributed by atoms with Gasteiger partial charge in [-0.2, -0.15) is 5.10 Å². The molecule has 0 aliphatic carbocycles. The highest BCUT2D eigenvalue weighted by molar-refractivity contribution is 5.14. The van der Waals surface area contributed by atoms with Crippen LogP contribution in [0.5, 0.6) is 0 Å². The van der Waals surface area contributed by atoms with Gasteiger partial charge in [-0.3, -0.25) is 9.58 Å². The Kier molecular flexibility index (Phi) is 6.57. The maximum Gasteiger partial charge on any atom is 0.121 e. The molecule has 1 atom stereocenters. The number of hydrogen-bond acceptors (Lipinski definition) is 4. The number of aromatic nitrogens is 2. The Balaban J connectivity index is 1.87. The first-order valence-electron chi connectivity index (χ1n) is 8.36. The van der Waals surface area contributed by atoms with Crippen molar-refractivity contribution >= 4 is 0 Å². The van der Waals surface area contributed by atoms with Crippen LogP contribution in [0.4, 0.5) is 0 Å². The van der Waals surface area contributed by atoms with Gasteiger partial charge in [0.2, 0.25) is 0 Å². The van der Waals surface area contributed by atoms with Crippen LogP contribution in [0.3, 0.4) is 0 Å². The Hall–Kier alpha value is -1.43. The summed E-state index contributed by atoms with van der Waals surface area (Å²) >= 11 is 0. The molecule has 2 heterocycles. The molecular weight excluding hydrogens is 290 g/mol. The molecule has 5 heteroatoms. The number of hydrogen-bond donors (Lipinski definition) is 2. The van der Waals surface area contributed by atoms with Crippen molar-refractivity contribution in [3.05, 3.63) is 40.8 Å². The van der Waals surface area contributed by atoms with Crippen molar-refractivity contribution < 1.29 is 10.2 Å². The molecule has 0 spiro atoms. The van der Waals surface area contributed by atoms with Crippen molar-refractivity contribution in [2.45, 2.75) is 52.8 Å². The van der Waals surface area contributed by atoms with Crippen LogP contribution < -0.4 is 0 Å². The van der Waals surface area contributed by atoms with Crippen molar-refractivity contribution in [1.82, 2.24) is 14.7 Å². The van der Waals surface area contributed by atoms with Gasteiger partial charge in [0.25, 0.3) is 0 Å². The zero-order chi connectivity index (χ0) is 16.8. The van der Waals surface area contributed by atoms with Crippen LogP contribution in [-0.4, -0.2) is 44.6 Å². The van der Waals surface area contributed by atoms with Gasteiger partial charge in [0.1, 0.15) is 6.10 Å². The molecule has 0 unspecified atom stereocenters. The number of aliphatic hydroxyl groups excluding tert-OH is 2. The molecule has 1 aromatic rings. The predicted molar refractivity (Wildman–Crippen MR) is 92.0 cm³/mol. The second kappa shape index (κ2) is 8.43. The molecule has 0 saturated heterocycles. The van der Waals surface area contributed by atoms with E-state index in [1.54, 1.807) is 0 Å². The quantitative estimate of drug-likeness (QED) is 0.758. The zero-order valence-corrected chi connectivity index (χ0v) is 14.5. The Morgan fingerprint density at radius 2 is 2.09 bits per heavy atom. The second-order valence-corrected chi connectivity index (χ2v) is 6.59. The third kappa shape index (κ3) is 5.30. The summed E-state index contributed by atoms with van der Waals surface area (Å²) in [5.41, 5.74) is 4.48. The number of aliphatic hydroxyl groups is 2. The summed E-state index contributed by atoms with van der Waals surface area (Å²) in [4.78, 5) is 2.39. The number of rotatable bonds is 7. The fraction of sp³-hybridized carbons (Fsp3) is 0.611. The van der Waals surface area contributed by atoms with Crippen molar-refractivity contribution in [3.63, 3.8) is 0 Å². The first-order chi connectivity index (χ1) is 11.0. The summed E-state index contributed by atoms with van der Waals surface area (Å²) in [7, 11) is 0. The van der Waals surface area contributed by atoms with Gasteiger partial charge in [0.05, 0.1) is 24.5 Å².